The topological polar surface area (TPSA) is 70.2 Å². The van der Waals surface area contributed by atoms with Gasteiger partial charge in [-0.15, -0.1) is 0 Å². The molecule has 0 saturated heterocycles. The van der Waals surface area contributed by atoms with E-state index in [1.165, 1.54) is 11.0 Å². The number of hydrogen-bond acceptors (Lipinski definition) is 3. The molecule has 0 fully saturated rings. The maximum Gasteiger partial charge on any atom is 0.253 e. The fourth-order valence-corrected chi connectivity index (χ4v) is 3.39. The van der Waals surface area contributed by atoms with Gasteiger partial charge in [-0.2, -0.15) is 0 Å². The van der Waals surface area contributed by atoms with Crippen molar-refractivity contribution in [3.05, 3.63) is 83.6 Å². The summed E-state index contributed by atoms with van der Waals surface area (Å²) < 4.78 is 0. The minimum Gasteiger partial charge on any atom is -0.361 e. The van der Waals surface area contributed by atoms with Crippen LogP contribution >= 0.6 is 0 Å². The number of aromatic amines is 1. The van der Waals surface area contributed by atoms with Crippen molar-refractivity contribution in [3.63, 3.8) is 0 Å². The average Bonchev–Trinajstić information content (AvgIpc) is 3.10. The summed E-state index contributed by atoms with van der Waals surface area (Å²) in [6.45, 7) is 0.294. The first-order valence-corrected chi connectivity index (χ1v) is 8.83. The van der Waals surface area contributed by atoms with Crippen molar-refractivity contribution >= 4 is 28.5 Å². The molecule has 134 valence electrons. The van der Waals surface area contributed by atoms with Gasteiger partial charge in [0.1, 0.15) is 0 Å². The number of fused-ring (bicyclic) bond motifs is 1. The summed E-state index contributed by atoms with van der Waals surface area (Å²) in [4.78, 5) is 41.8. The van der Waals surface area contributed by atoms with E-state index in [9.17, 15) is 14.4 Å². The molecule has 4 rings (SSSR count). The van der Waals surface area contributed by atoms with Gasteiger partial charge < -0.3 is 4.98 Å². The summed E-state index contributed by atoms with van der Waals surface area (Å²) in [6, 6.07) is 16.6. The number of aromatic nitrogens is 1. The monoisotopic (exact) mass is 358 g/mol. The predicted octanol–water partition coefficient (Wildman–Crippen LogP) is 3.28. The Bertz CT molecular complexity index is 1060. The van der Waals surface area contributed by atoms with Crippen molar-refractivity contribution in [3.8, 4) is 0 Å². The van der Waals surface area contributed by atoms with Gasteiger partial charge in [-0.05, 0) is 18.1 Å². The van der Waals surface area contributed by atoms with Crippen molar-refractivity contribution in [2.75, 3.05) is 6.54 Å². The van der Waals surface area contributed by atoms with Gasteiger partial charge in [-0.25, -0.2) is 0 Å². The normalized spacial score (nSPS) is 14.5. The minimum absolute atomic E-state index is 0.0483. The average molecular weight is 358 g/mol. The molecular formula is C22H18N2O3. The fraction of sp³-hybridized carbons (Fsp3) is 0.136. The Labute approximate surface area is 156 Å². The lowest BCUT2D eigenvalue weighted by atomic mass is 9.97. The molecule has 0 aliphatic carbocycles. The lowest BCUT2D eigenvalue weighted by Crippen LogP contribution is -2.41. The molecule has 5 heteroatoms. The summed E-state index contributed by atoms with van der Waals surface area (Å²) in [6.07, 6.45) is 3.72. The van der Waals surface area contributed by atoms with Crippen molar-refractivity contribution in [1.29, 1.82) is 0 Å². The first-order valence-electron chi connectivity index (χ1n) is 8.83. The van der Waals surface area contributed by atoms with Gasteiger partial charge in [0.05, 0.1) is 6.42 Å². The largest absolute Gasteiger partial charge is 0.361 e. The van der Waals surface area contributed by atoms with Crippen molar-refractivity contribution < 1.29 is 14.4 Å². The van der Waals surface area contributed by atoms with Crippen LogP contribution in [0.4, 0.5) is 0 Å². The van der Waals surface area contributed by atoms with E-state index in [-0.39, 0.29) is 23.7 Å². The highest BCUT2D eigenvalue weighted by Crippen LogP contribution is 2.21. The molecule has 1 aromatic heterocycles. The number of rotatable bonds is 5. The molecule has 2 amide bonds. The molecule has 1 N–H and O–H groups in total. The Kier molecular flexibility index (Phi) is 4.42. The van der Waals surface area contributed by atoms with E-state index in [1.807, 2.05) is 36.5 Å². The molecule has 0 spiro atoms. The Hall–Kier alpha value is -3.47. The zero-order valence-corrected chi connectivity index (χ0v) is 14.6. The van der Waals surface area contributed by atoms with Crippen LogP contribution in [-0.4, -0.2) is 34.0 Å². The number of nitrogens with one attached hydrogen (secondary N) is 1. The summed E-state index contributed by atoms with van der Waals surface area (Å²) in [7, 11) is 0. The van der Waals surface area contributed by atoms with Crippen LogP contribution in [0.5, 0.6) is 0 Å². The standard InChI is InChI=1S/C22H18N2O3/c25-20-12-17(22(27)15-6-2-1-3-7-15)13-21(26)24(20)11-10-16-14-23-19-9-5-4-8-18(16)19/h1-9,12,14,23H,10-11,13H2. The summed E-state index contributed by atoms with van der Waals surface area (Å²) in [5.74, 6) is -1.03. The smallest absolute Gasteiger partial charge is 0.253 e. The number of amides is 2. The molecule has 0 radical (unpaired) electrons. The minimum atomic E-state index is -0.426. The molecular weight excluding hydrogens is 340 g/mol. The molecule has 0 saturated carbocycles. The van der Waals surface area contributed by atoms with Gasteiger partial charge in [0.15, 0.2) is 5.78 Å². The van der Waals surface area contributed by atoms with Crippen LogP contribution in [0, 0.1) is 0 Å². The Morgan fingerprint density at radius 3 is 2.52 bits per heavy atom. The van der Waals surface area contributed by atoms with E-state index in [2.05, 4.69) is 4.98 Å². The number of carbonyl (C=O) groups excluding carboxylic acids is 3. The second-order valence-corrected chi connectivity index (χ2v) is 6.53. The molecule has 0 unspecified atom stereocenters. The van der Waals surface area contributed by atoms with Crippen LogP contribution < -0.4 is 0 Å². The van der Waals surface area contributed by atoms with Gasteiger partial charge in [-0.1, -0.05) is 48.5 Å². The third-order valence-electron chi connectivity index (χ3n) is 4.81. The van der Waals surface area contributed by atoms with E-state index in [0.717, 1.165) is 16.5 Å². The zero-order chi connectivity index (χ0) is 18.8. The van der Waals surface area contributed by atoms with E-state index in [1.54, 1.807) is 24.3 Å². The van der Waals surface area contributed by atoms with E-state index in [4.69, 9.17) is 0 Å². The number of carbonyl (C=O) groups is 3. The number of H-pyrrole nitrogens is 1. The number of ketones is 1. The Morgan fingerprint density at radius 1 is 1.00 bits per heavy atom. The van der Waals surface area contributed by atoms with Crippen molar-refractivity contribution in [2.24, 2.45) is 0 Å². The van der Waals surface area contributed by atoms with Crippen LogP contribution in [0.2, 0.25) is 0 Å². The van der Waals surface area contributed by atoms with E-state index >= 15 is 0 Å². The number of imide groups is 1. The maximum atomic E-state index is 12.5. The lowest BCUT2D eigenvalue weighted by Gasteiger charge is -2.24. The third-order valence-corrected chi connectivity index (χ3v) is 4.81. The molecule has 27 heavy (non-hydrogen) atoms. The molecule has 0 bridgehead atoms. The van der Waals surface area contributed by atoms with Gasteiger partial charge in [0, 0.05) is 40.9 Å². The van der Waals surface area contributed by atoms with Crippen molar-refractivity contribution in [2.45, 2.75) is 12.8 Å². The highest BCUT2D eigenvalue weighted by atomic mass is 16.2. The molecule has 0 atom stereocenters. The summed E-state index contributed by atoms with van der Waals surface area (Å²) in [5.41, 5.74) is 2.82. The SMILES string of the molecule is O=C(C1=CC(=O)N(CCc2c[nH]c3ccccc23)C(=O)C1)c1ccccc1. The van der Waals surface area contributed by atoms with E-state index < -0.39 is 5.91 Å². The van der Waals surface area contributed by atoms with Gasteiger partial charge >= 0.3 is 0 Å². The molecule has 1 aliphatic rings. The molecule has 3 aromatic rings. The number of hydrogen-bond donors (Lipinski definition) is 1. The molecule has 2 heterocycles. The van der Waals surface area contributed by atoms with Crippen LogP contribution in [0.1, 0.15) is 22.3 Å². The summed E-state index contributed by atoms with van der Waals surface area (Å²) >= 11 is 0. The van der Waals surface area contributed by atoms with Crippen molar-refractivity contribution in [1.82, 2.24) is 9.88 Å². The van der Waals surface area contributed by atoms with Gasteiger partial charge in [-0.3, -0.25) is 19.3 Å². The Balaban J connectivity index is 1.49. The predicted molar refractivity (Wildman–Crippen MR) is 102 cm³/mol. The second kappa shape index (κ2) is 7.03. The number of nitrogens with zero attached hydrogens (tertiary/aromatic N) is 1. The van der Waals surface area contributed by atoms with Crippen LogP contribution in [-0.2, 0) is 16.0 Å². The lowest BCUT2D eigenvalue weighted by molar-refractivity contribution is -0.142. The molecule has 1 aliphatic heterocycles. The first kappa shape index (κ1) is 17.0. The first-order chi connectivity index (χ1) is 13.1. The van der Waals surface area contributed by atoms with Crippen LogP contribution in [0.25, 0.3) is 10.9 Å². The number of Topliss-reactive ketones (excluding diaryl/α,β-unsaturated/α-hetero) is 1. The highest BCUT2D eigenvalue weighted by Gasteiger charge is 2.29. The zero-order valence-electron chi connectivity index (χ0n) is 14.6. The van der Waals surface area contributed by atoms with Gasteiger partial charge in [0.25, 0.3) is 5.91 Å². The summed E-state index contributed by atoms with van der Waals surface area (Å²) in [5, 5.41) is 1.09. The second-order valence-electron chi connectivity index (χ2n) is 6.53. The highest BCUT2D eigenvalue weighted by molar-refractivity contribution is 6.18. The Morgan fingerprint density at radius 2 is 1.74 bits per heavy atom. The third kappa shape index (κ3) is 3.31. The van der Waals surface area contributed by atoms with E-state index in [0.29, 0.717) is 18.5 Å². The van der Waals surface area contributed by atoms with Crippen LogP contribution in [0.3, 0.4) is 0 Å². The number of para-hydroxylation sites is 1. The van der Waals surface area contributed by atoms with Gasteiger partial charge in [0.2, 0.25) is 5.91 Å². The quantitative estimate of drug-likeness (QED) is 0.562. The van der Waals surface area contributed by atoms with Crippen LogP contribution in [0.15, 0.2) is 72.4 Å². The number of benzene rings is 2. The molecule has 2 aromatic carbocycles. The fourth-order valence-electron chi connectivity index (χ4n) is 3.39. The maximum absolute atomic E-state index is 12.5. The molecule has 5 nitrogen and oxygen atoms in total.